The highest BCUT2D eigenvalue weighted by Gasteiger charge is 2.33. The van der Waals surface area contributed by atoms with E-state index in [1.165, 1.54) is 7.11 Å². The average molecular weight is 296 g/mol. The molecule has 0 N–H and O–H groups in total. The number of ether oxygens (including phenoxy) is 2. The summed E-state index contributed by atoms with van der Waals surface area (Å²) in [5.41, 5.74) is 0. The monoisotopic (exact) mass is 296 g/mol. The first-order valence-corrected chi connectivity index (χ1v) is 7.87. The van der Waals surface area contributed by atoms with Crippen molar-refractivity contribution in [2.75, 3.05) is 7.11 Å². The van der Waals surface area contributed by atoms with Crippen LogP contribution in [0.4, 0.5) is 0 Å². The van der Waals surface area contributed by atoms with Crippen molar-refractivity contribution in [2.24, 2.45) is 17.8 Å². The van der Waals surface area contributed by atoms with Crippen molar-refractivity contribution >= 4 is 18.2 Å². The first-order chi connectivity index (χ1) is 10.1. The predicted octanol–water partition coefficient (Wildman–Crippen LogP) is 2.27. The minimum absolute atomic E-state index is 0.0352. The van der Waals surface area contributed by atoms with Crippen LogP contribution >= 0.6 is 0 Å². The molecule has 0 atom stereocenters. The van der Waals surface area contributed by atoms with Crippen molar-refractivity contribution in [1.82, 2.24) is 0 Å². The largest absolute Gasteiger partial charge is 0.469 e. The zero-order valence-corrected chi connectivity index (χ0v) is 12.6. The quantitative estimate of drug-likeness (QED) is 0.588. The van der Waals surface area contributed by atoms with Gasteiger partial charge in [-0.3, -0.25) is 9.59 Å². The molecule has 0 aromatic rings. The maximum atomic E-state index is 12.2. The minimum atomic E-state index is -0.172. The third-order valence-electron chi connectivity index (χ3n) is 4.79. The fourth-order valence-corrected chi connectivity index (χ4v) is 3.33. The van der Waals surface area contributed by atoms with Crippen molar-refractivity contribution in [3.63, 3.8) is 0 Å². The number of carbonyl (C=O) groups excluding carboxylic acids is 3. The van der Waals surface area contributed by atoms with Gasteiger partial charge >= 0.3 is 11.9 Å². The standard InChI is InChI=1S/C16H24O5/c1-20-15(18)12-4-6-13(7-5-12)16(19)21-14-8-2-11(10-17)3-9-14/h10-14H,2-9H2,1H3. The Balaban J connectivity index is 1.73. The highest BCUT2D eigenvalue weighted by Crippen LogP contribution is 2.32. The van der Waals surface area contributed by atoms with Crippen LogP contribution in [0.15, 0.2) is 0 Å². The Morgan fingerprint density at radius 3 is 1.86 bits per heavy atom. The summed E-state index contributed by atoms with van der Waals surface area (Å²) in [6.45, 7) is 0. The van der Waals surface area contributed by atoms with Crippen LogP contribution in [0.3, 0.4) is 0 Å². The molecule has 2 rings (SSSR count). The summed E-state index contributed by atoms with van der Waals surface area (Å²) < 4.78 is 10.3. The van der Waals surface area contributed by atoms with E-state index >= 15 is 0 Å². The van der Waals surface area contributed by atoms with E-state index in [0.717, 1.165) is 32.0 Å². The van der Waals surface area contributed by atoms with Crippen LogP contribution < -0.4 is 0 Å². The molecule has 21 heavy (non-hydrogen) atoms. The normalized spacial score (nSPS) is 33.0. The van der Waals surface area contributed by atoms with Crippen LogP contribution in [0.5, 0.6) is 0 Å². The van der Waals surface area contributed by atoms with Crippen LogP contribution in [0.25, 0.3) is 0 Å². The molecule has 0 aromatic carbocycles. The van der Waals surface area contributed by atoms with Crippen molar-refractivity contribution in [3.05, 3.63) is 0 Å². The molecular formula is C16H24O5. The Morgan fingerprint density at radius 2 is 1.38 bits per heavy atom. The molecule has 0 aromatic heterocycles. The second kappa shape index (κ2) is 7.57. The van der Waals surface area contributed by atoms with Gasteiger partial charge in [-0.25, -0.2) is 0 Å². The van der Waals surface area contributed by atoms with Gasteiger partial charge < -0.3 is 14.3 Å². The maximum Gasteiger partial charge on any atom is 0.309 e. The lowest BCUT2D eigenvalue weighted by atomic mass is 9.82. The van der Waals surface area contributed by atoms with Crippen molar-refractivity contribution < 1.29 is 23.9 Å². The van der Waals surface area contributed by atoms with E-state index in [4.69, 9.17) is 9.47 Å². The van der Waals surface area contributed by atoms with E-state index in [1.807, 2.05) is 0 Å². The zero-order valence-electron chi connectivity index (χ0n) is 12.6. The van der Waals surface area contributed by atoms with Crippen molar-refractivity contribution in [1.29, 1.82) is 0 Å². The van der Waals surface area contributed by atoms with E-state index in [2.05, 4.69) is 0 Å². The number of methoxy groups -OCH3 is 1. The molecule has 5 nitrogen and oxygen atoms in total. The van der Waals surface area contributed by atoms with Gasteiger partial charge in [-0.15, -0.1) is 0 Å². The van der Waals surface area contributed by atoms with Gasteiger partial charge in [0.05, 0.1) is 18.9 Å². The molecule has 0 aliphatic heterocycles. The number of hydrogen-bond acceptors (Lipinski definition) is 5. The summed E-state index contributed by atoms with van der Waals surface area (Å²) in [5.74, 6) is -0.325. The summed E-state index contributed by atoms with van der Waals surface area (Å²) in [7, 11) is 1.40. The highest BCUT2D eigenvalue weighted by atomic mass is 16.5. The van der Waals surface area contributed by atoms with E-state index in [0.29, 0.717) is 25.7 Å². The molecule has 2 fully saturated rings. The second-order valence-corrected chi connectivity index (χ2v) is 6.18. The average Bonchev–Trinajstić information content (AvgIpc) is 2.55. The highest BCUT2D eigenvalue weighted by molar-refractivity contribution is 5.75. The molecule has 0 radical (unpaired) electrons. The Bertz CT molecular complexity index is 376. The lowest BCUT2D eigenvalue weighted by Gasteiger charge is -2.29. The fraction of sp³-hybridized carbons (Fsp3) is 0.812. The van der Waals surface area contributed by atoms with E-state index in [1.54, 1.807) is 0 Å². The van der Waals surface area contributed by atoms with Crippen molar-refractivity contribution in [3.8, 4) is 0 Å². The van der Waals surface area contributed by atoms with Gasteiger partial charge in [-0.05, 0) is 51.4 Å². The smallest absolute Gasteiger partial charge is 0.309 e. The van der Waals surface area contributed by atoms with E-state index in [9.17, 15) is 14.4 Å². The number of carbonyl (C=O) groups is 3. The second-order valence-electron chi connectivity index (χ2n) is 6.18. The van der Waals surface area contributed by atoms with Gasteiger partial charge in [0.25, 0.3) is 0 Å². The summed E-state index contributed by atoms with van der Waals surface area (Å²) in [6.07, 6.45) is 6.96. The molecule has 0 spiro atoms. The molecule has 2 saturated carbocycles. The summed E-state index contributed by atoms with van der Waals surface area (Å²) in [4.78, 5) is 34.3. The number of aldehydes is 1. The summed E-state index contributed by atoms with van der Waals surface area (Å²) in [6, 6.07) is 0. The summed E-state index contributed by atoms with van der Waals surface area (Å²) in [5, 5.41) is 0. The molecule has 0 heterocycles. The van der Waals surface area contributed by atoms with Gasteiger partial charge in [0.2, 0.25) is 0 Å². The van der Waals surface area contributed by atoms with Gasteiger partial charge in [0.15, 0.2) is 0 Å². The number of esters is 2. The molecule has 2 aliphatic carbocycles. The molecular weight excluding hydrogens is 272 g/mol. The molecule has 5 heteroatoms. The van der Waals surface area contributed by atoms with Crippen LogP contribution in [0.2, 0.25) is 0 Å². The third kappa shape index (κ3) is 4.29. The van der Waals surface area contributed by atoms with E-state index in [-0.39, 0.29) is 35.8 Å². The van der Waals surface area contributed by atoms with Crippen LogP contribution in [-0.4, -0.2) is 31.4 Å². The SMILES string of the molecule is COC(=O)C1CCC(C(=O)OC2CCC(C=O)CC2)CC1. The lowest BCUT2D eigenvalue weighted by molar-refractivity contribution is -0.159. The first kappa shape index (κ1) is 16.0. The molecule has 0 unspecified atom stereocenters. The van der Waals surface area contributed by atoms with Gasteiger partial charge in [-0.1, -0.05) is 0 Å². The number of hydrogen-bond donors (Lipinski definition) is 0. The molecule has 0 bridgehead atoms. The zero-order chi connectivity index (χ0) is 15.2. The van der Waals surface area contributed by atoms with Crippen LogP contribution in [0.1, 0.15) is 51.4 Å². The third-order valence-corrected chi connectivity index (χ3v) is 4.79. The maximum absolute atomic E-state index is 12.2. The fourth-order valence-electron chi connectivity index (χ4n) is 3.33. The Hall–Kier alpha value is -1.39. The molecule has 118 valence electrons. The van der Waals surface area contributed by atoms with Crippen LogP contribution in [-0.2, 0) is 23.9 Å². The Morgan fingerprint density at radius 1 is 0.857 bits per heavy atom. The lowest BCUT2D eigenvalue weighted by Crippen LogP contribution is -2.31. The summed E-state index contributed by atoms with van der Waals surface area (Å²) >= 11 is 0. The predicted molar refractivity (Wildman–Crippen MR) is 75.4 cm³/mol. The molecule has 0 saturated heterocycles. The Kier molecular flexibility index (Phi) is 5.76. The topological polar surface area (TPSA) is 69.7 Å². The van der Waals surface area contributed by atoms with Gasteiger partial charge in [0.1, 0.15) is 12.4 Å². The minimum Gasteiger partial charge on any atom is -0.469 e. The Labute approximate surface area is 125 Å². The molecule has 0 amide bonds. The van der Waals surface area contributed by atoms with Crippen molar-refractivity contribution in [2.45, 2.75) is 57.5 Å². The van der Waals surface area contributed by atoms with Crippen LogP contribution in [0, 0.1) is 17.8 Å². The van der Waals surface area contributed by atoms with Gasteiger partial charge in [0, 0.05) is 5.92 Å². The molecule has 2 aliphatic rings. The van der Waals surface area contributed by atoms with E-state index < -0.39 is 0 Å². The first-order valence-electron chi connectivity index (χ1n) is 7.87. The number of rotatable bonds is 4. The van der Waals surface area contributed by atoms with Gasteiger partial charge in [-0.2, -0.15) is 0 Å².